The van der Waals surface area contributed by atoms with Gasteiger partial charge in [0.05, 0.1) is 11.5 Å². The summed E-state index contributed by atoms with van der Waals surface area (Å²) in [6.07, 6.45) is -2.23. The fourth-order valence-electron chi connectivity index (χ4n) is 1.82. The number of rotatable bonds is 3. The van der Waals surface area contributed by atoms with Crippen LogP contribution in [0.15, 0.2) is 0 Å². The summed E-state index contributed by atoms with van der Waals surface area (Å²) in [4.78, 5) is 13.1. The third-order valence-corrected chi connectivity index (χ3v) is 2.74. The zero-order valence-electron chi connectivity index (χ0n) is 10.9. The minimum atomic E-state index is -1.91. The van der Waals surface area contributed by atoms with E-state index in [1.807, 2.05) is 0 Å². The van der Waals surface area contributed by atoms with E-state index < -0.39 is 23.5 Å². The predicted molar refractivity (Wildman–Crippen MR) is 62.2 cm³/mol. The van der Waals surface area contributed by atoms with Crippen LogP contribution in [-0.2, 0) is 4.74 Å². The molecule has 1 atom stereocenters. The average Bonchev–Trinajstić information content (AvgIpc) is 2.13. The monoisotopic (exact) mass is 258 g/mol. The molecule has 1 amide bonds. The summed E-state index contributed by atoms with van der Waals surface area (Å²) in [5.41, 5.74) is -1.32. The highest BCUT2D eigenvalue weighted by Gasteiger charge is 2.46. The Labute approximate surface area is 106 Å². The Bertz CT molecular complexity index is 351. The molecule has 1 fully saturated rings. The lowest BCUT2D eigenvalue weighted by Gasteiger charge is -2.45. The van der Waals surface area contributed by atoms with Crippen molar-refractivity contribution in [3.63, 3.8) is 0 Å². The molecule has 1 aliphatic heterocycles. The quantitative estimate of drug-likeness (QED) is 0.838. The van der Waals surface area contributed by atoms with E-state index in [0.717, 1.165) is 0 Å². The molecule has 0 unspecified atom stereocenters. The molecule has 1 aliphatic rings. The molecule has 1 N–H and O–H groups in total. The van der Waals surface area contributed by atoms with E-state index in [1.54, 1.807) is 20.8 Å². The van der Waals surface area contributed by atoms with Gasteiger partial charge in [0.25, 0.3) is 0 Å². The van der Waals surface area contributed by atoms with E-state index in [9.17, 15) is 9.18 Å². The Morgan fingerprint density at radius 2 is 2.17 bits per heavy atom. The zero-order valence-corrected chi connectivity index (χ0v) is 10.9. The molecule has 1 saturated heterocycles. The van der Waals surface area contributed by atoms with Gasteiger partial charge < -0.3 is 14.7 Å². The van der Waals surface area contributed by atoms with Crippen molar-refractivity contribution in [2.24, 2.45) is 5.41 Å². The largest absolute Gasteiger partial charge is 0.444 e. The first-order valence-corrected chi connectivity index (χ1v) is 5.89. The second-order valence-electron chi connectivity index (χ2n) is 5.70. The number of carbonyl (C=O) groups excluding carboxylic acids is 1. The molecule has 1 heterocycles. The highest BCUT2D eigenvalue weighted by molar-refractivity contribution is 5.69. The van der Waals surface area contributed by atoms with Crippen molar-refractivity contribution in [2.75, 3.05) is 13.1 Å². The number of halogens is 1. The molecule has 0 radical (unpaired) electrons. The topological polar surface area (TPSA) is 73.6 Å². The van der Waals surface area contributed by atoms with Crippen molar-refractivity contribution in [1.82, 2.24) is 4.90 Å². The van der Waals surface area contributed by atoms with E-state index in [0.29, 0.717) is 0 Å². The number of ether oxygens (including phenoxy) is 1. The molecule has 102 valence electrons. The fourth-order valence-corrected chi connectivity index (χ4v) is 1.82. The smallest absolute Gasteiger partial charge is 0.410 e. The number of alkyl halides is 1. The molecule has 6 heteroatoms. The summed E-state index contributed by atoms with van der Waals surface area (Å²) in [5.74, 6) is 0. The number of hydrogen-bond donors (Lipinski definition) is 1. The SMILES string of the molecule is CC(C)(C)OC(=O)N1CC(C#N)(CC[C@H](O)F)C1. The number of nitrogens with zero attached hydrogens (tertiary/aromatic N) is 2. The maximum absolute atomic E-state index is 12.3. The third-order valence-electron chi connectivity index (χ3n) is 2.74. The second-order valence-corrected chi connectivity index (χ2v) is 5.70. The van der Waals surface area contributed by atoms with E-state index in [1.165, 1.54) is 4.90 Å². The molecule has 0 aliphatic carbocycles. The van der Waals surface area contributed by atoms with Crippen molar-refractivity contribution < 1.29 is 19.0 Å². The van der Waals surface area contributed by atoms with Crippen LogP contribution in [0, 0.1) is 16.7 Å². The Morgan fingerprint density at radius 3 is 2.56 bits per heavy atom. The van der Waals surface area contributed by atoms with Crippen molar-refractivity contribution in [3.05, 3.63) is 0 Å². The highest BCUT2D eigenvalue weighted by Crippen LogP contribution is 2.35. The number of carbonyl (C=O) groups is 1. The molecule has 0 spiro atoms. The highest BCUT2D eigenvalue weighted by atomic mass is 19.1. The number of amides is 1. The maximum Gasteiger partial charge on any atom is 0.410 e. The number of nitriles is 1. The lowest BCUT2D eigenvalue weighted by Crippen LogP contribution is -2.58. The van der Waals surface area contributed by atoms with Gasteiger partial charge in [0.15, 0.2) is 6.36 Å². The summed E-state index contributed by atoms with van der Waals surface area (Å²) >= 11 is 0. The molecule has 0 aromatic carbocycles. The van der Waals surface area contributed by atoms with Gasteiger partial charge in [0.1, 0.15) is 5.60 Å². The van der Waals surface area contributed by atoms with Crippen LogP contribution in [0.5, 0.6) is 0 Å². The van der Waals surface area contributed by atoms with Gasteiger partial charge in [0.2, 0.25) is 0 Å². The lowest BCUT2D eigenvalue weighted by atomic mass is 9.77. The van der Waals surface area contributed by atoms with Crippen LogP contribution in [0.4, 0.5) is 9.18 Å². The molecular formula is C12H19FN2O3. The van der Waals surface area contributed by atoms with Crippen molar-refractivity contribution in [2.45, 2.75) is 45.6 Å². The molecule has 0 aromatic rings. The van der Waals surface area contributed by atoms with Gasteiger partial charge in [-0.1, -0.05) is 0 Å². The van der Waals surface area contributed by atoms with E-state index >= 15 is 0 Å². The van der Waals surface area contributed by atoms with Gasteiger partial charge in [0, 0.05) is 19.5 Å². The normalized spacial score (nSPS) is 19.7. The summed E-state index contributed by atoms with van der Waals surface area (Å²) in [7, 11) is 0. The standard InChI is InChI=1S/C12H19FN2O3/c1-11(2,3)18-10(17)15-7-12(6-14,8-15)5-4-9(13)16/h9,16H,4-5,7-8H2,1-3H3/t9-/m0/s1. The maximum atomic E-state index is 12.3. The van der Waals surface area contributed by atoms with Crippen LogP contribution in [0.25, 0.3) is 0 Å². The first kappa shape index (κ1) is 14.7. The van der Waals surface area contributed by atoms with Crippen molar-refractivity contribution in [3.8, 4) is 6.07 Å². The van der Waals surface area contributed by atoms with Gasteiger partial charge >= 0.3 is 6.09 Å². The molecule has 18 heavy (non-hydrogen) atoms. The van der Waals surface area contributed by atoms with Gasteiger partial charge in [-0.3, -0.25) is 0 Å². The van der Waals surface area contributed by atoms with E-state index in [-0.39, 0.29) is 25.9 Å². The number of likely N-dealkylation sites (tertiary alicyclic amines) is 1. The Morgan fingerprint density at radius 1 is 1.61 bits per heavy atom. The lowest BCUT2D eigenvalue weighted by molar-refractivity contribution is -0.0296. The van der Waals surface area contributed by atoms with Gasteiger partial charge in [-0.05, 0) is 27.2 Å². The number of hydrogen-bond acceptors (Lipinski definition) is 4. The van der Waals surface area contributed by atoms with Crippen molar-refractivity contribution in [1.29, 1.82) is 5.26 Å². The molecule has 0 aromatic heterocycles. The van der Waals surface area contributed by atoms with Crippen molar-refractivity contribution >= 4 is 6.09 Å². The minimum absolute atomic E-state index is 0.0876. The first-order valence-electron chi connectivity index (χ1n) is 5.89. The van der Waals surface area contributed by atoms with Crippen LogP contribution < -0.4 is 0 Å². The van der Waals surface area contributed by atoms with Crippen LogP contribution in [0.3, 0.4) is 0 Å². The number of aliphatic hydroxyl groups excluding tert-OH is 1. The summed E-state index contributed by atoms with van der Waals surface area (Å²) in [6.45, 7) is 5.75. The van der Waals surface area contributed by atoms with Gasteiger partial charge in [-0.2, -0.15) is 5.26 Å². The van der Waals surface area contributed by atoms with Crippen LogP contribution in [-0.4, -0.2) is 41.1 Å². The Hall–Kier alpha value is -1.35. The van der Waals surface area contributed by atoms with Gasteiger partial charge in [-0.25, -0.2) is 9.18 Å². The molecule has 1 rings (SSSR count). The molecular weight excluding hydrogens is 239 g/mol. The average molecular weight is 258 g/mol. The van der Waals surface area contributed by atoms with Crippen LogP contribution >= 0.6 is 0 Å². The fraction of sp³-hybridized carbons (Fsp3) is 0.833. The molecule has 0 bridgehead atoms. The molecule has 0 saturated carbocycles. The Balaban J connectivity index is 2.45. The third kappa shape index (κ3) is 3.84. The predicted octanol–water partition coefficient (Wildman–Crippen LogP) is 1.82. The Kier molecular flexibility index (Phi) is 4.17. The van der Waals surface area contributed by atoms with Crippen LogP contribution in [0.2, 0.25) is 0 Å². The van der Waals surface area contributed by atoms with Crippen LogP contribution in [0.1, 0.15) is 33.6 Å². The second kappa shape index (κ2) is 5.11. The minimum Gasteiger partial charge on any atom is -0.444 e. The zero-order chi connectivity index (χ0) is 14.0. The summed E-state index contributed by atoms with van der Waals surface area (Å²) in [6, 6.07) is 2.09. The van der Waals surface area contributed by atoms with E-state index in [2.05, 4.69) is 6.07 Å². The van der Waals surface area contributed by atoms with E-state index in [4.69, 9.17) is 15.1 Å². The van der Waals surface area contributed by atoms with Gasteiger partial charge in [-0.15, -0.1) is 0 Å². The summed E-state index contributed by atoms with van der Waals surface area (Å²) < 4.78 is 17.5. The number of aliphatic hydroxyl groups is 1. The first-order chi connectivity index (χ1) is 8.17. The molecule has 5 nitrogen and oxygen atoms in total. The summed E-state index contributed by atoms with van der Waals surface area (Å²) in [5, 5.41) is 17.6.